The van der Waals surface area contributed by atoms with Gasteiger partial charge in [-0.25, -0.2) is 4.39 Å². The molecule has 3 aliphatic heterocycles. The van der Waals surface area contributed by atoms with E-state index in [2.05, 4.69) is 5.32 Å². The molecule has 3 fully saturated rings. The van der Waals surface area contributed by atoms with Gasteiger partial charge in [0.05, 0.1) is 11.6 Å². The zero-order chi connectivity index (χ0) is 24.4. The van der Waals surface area contributed by atoms with Crippen LogP contribution in [0.4, 0.5) is 17.6 Å². The number of benzene rings is 1. The third kappa shape index (κ3) is 3.45. The van der Waals surface area contributed by atoms with Crippen molar-refractivity contribution in [2.75, 3.05) is 0 Å². The second-order valence-electron chi connectivity index (χ2n) is 9.03. The molecular weight excluding hydrogens is 458 g/mol. The van der Waals surface area contributed by atoms with Crippen LogP contribution in [0.25, 0.3) is 0 Å². The number of nitrogens with zero attached hydrogens (tertiary/aromatic N) is 2. The van der Waals surface area contributed by atoms with Crippen molar-refractivity contribution in [3.05, 3.63) is 62.8 Å². The zero-order valence-electron chi connectivity index (χ0n) is 17.9. The number of aromatic nitrogens is 1. The van der Waals surface area contributed by atoms with Crippen LogP contribution >= 0.6 is 0 Å². The van der Waals surface area contributed by atoms with Crippen molar-refractivity contribution in [2.45, 2.75) is 57.0 Å². The number of alkyl halides is 3. The van der Waals surface area contributed by atoms with Crippen LogP contribution in [0.1, 0.15) is 57.7 Å². The summed E-state index contributed by atoms with van der Waals surface area (Å²) in [5.41, 5.74) is -3.59. The molecule has 2 saturated heterocycles. The maximum absolute atomic E-state index is 14.2. The maximum atomic E-state index is 14.2. The predicted molar refractivity (Wildman–Crippen MR) is 111 cm³/mol. The van der Waals surface area contributed by atoms with Crippen molar-refractivity contribution in [3.8, 4) is 5.75 Å². The van der Waals surface area contributed by atoms with E-state index in [1.807, 2.05) is 0 Å². The van der Waals surface area contributed by atoms with Crippen molar-refractivity contribution in [1.82, 2.24) is 14.8 Å². The molecule has 1 saturated carbocycles. The molecule has 1 aliphatic carbocycles. The Balaban J connectivity index is 1.42. The van der Waals surface area contributed by atoms with E-state index >= 15 is 0 Å². The summed E-state index contributed by atoms with van der Waals surface area (Å²) in [6.45, 7) is -0.283. The lowest BCUT2D eigenvalue weighted by Crippen LogP contribution is -2.61. The van der Waals surface area contributed by atoms with E-state index in [0.717, 1.165) is 37.8 Å². The van der Waals surface area contributed by atoms with E-state index in [4.69, 9.17) is 0 Å². The molecule has 0 unspecified atom stereocenters. The molecule has 0 spiro atoms. The molecule has 1 aromatic carbocycles. The lowest BCUT2D eigenvalue weighted by Gasteiger charge is -2.53. The molecule has 34 heavy (non-hydrogen) atoms. The van der Waals surface area contributed by atoms with Gasteiger partial charge in [-0.15, -0.1) is 0 Å². The molecule has 1 aromatic heterocycles. The van der Waals surface area contributed by atoms with Gasteiger partial charge < -0.3 is 19.9 Å². The minimum atomic E-state index is -4.90. The minimum Gasteiger partial charge on any atom is -0.503 e. The Morgan fingerprint density at radius 2 is 1.85 bits per heavy atom. The van der Waals surface area contributed by atoms with Gasteiger partial charge in [-0.3, -0.25) is 14.4 Å². The van der Waals surface area contributed by atoms with Crippen LogP contribution in [0.15, 0.2) is 29.2 Å². The van der Waals surface area contributed by atoms with E-state index in [1.165, 1.54) is 10.8 Å². The molecule has 4 aliphatic rings. The number of aromatic hydroxyl groups is 1. The van der Waals surface area contributed by atoms with E-state index in [9.17, 15) is 37.1 Å². The normalized spacial score (nSPS) is 23.5. The first kappa shape index (κ1) is 22.4. The number of fused-ring (bicyclic) bond motifs is 3. The molecule has 180 valence electrons. The molecule has 7 nitrogen and oxygen atoms in total. The highest BCUT2D eigenvalue weighted by Crippen LogP contribution is 2.43. The van der Waals surface area contributed by atoms with Crippen LogP contribution in [0.5, 0.6) is 5.75 Å². The first-order valence-electron chi connectivity index (χ1n) is 11.0. The van der Waals surface area contributed by atoms with Crippen LogP contribution in [-0.4, -0.2) is 38.5 Å². The van der Waals surface area contributed by atoms with Crippen LogP contribution in [0.2, 0.25) is 0 Å². The first-order chi connectivity index (χ1) is 16.1. The Hall–Kier alpha value is -3.37. The standard InChI is InChI=1S/C23H21F4N3O4/c24-17-12(2-1-3-15(17)23(25,26)27)8-28-21(33)14-9-29-10-16-11-4-6-13(7-5-11)30(16)22(34)18(29)20(32)19(14)31/h1-3,9,11,13,16,32H,4-8,10H2,(H,28,33)/t11?,13?,16-/m0/s1. The Morgan fingerprint density at radius 3 is 2.53 bits per heavy atom. The van der Waals surface area contributed by atoms with Crippen molar-refractivity contribution in [2.24, 2.45) is 5.92 Å². The molecule has 4 heterocycles. The molecule has 6 rings (SSSR count). The second-order valence-corrected chi connectivity index (χ2v) is 9.03. The quantitative estimate of drug-likeness (QED) is 0.663. The molecule has 2 N–H and O–H groups in total. The third-order valence-electron chi connectivity index (χ3n) is 7.18. The van der Waals surface area contributed by atoms with Crippen LogP contribution in [-0.2, 0) is 19.3 Å². The number of carbonyl (C=O) groups is 2. The van der Waals surface area contributed by atoms with Gasteiger partial charge in [0.1, 0.15) is 11.4 Å². The number of piperidine rings is 2. The highest BCUT2D eigenvalue weighted by atomic mass is 19.4. The Kier molecular flexibility index (Phi) is 5.18. The SMILES string of the molecule is O=C(NCc1cccc(C(F)(F)F)c1F)c1cn2c(c(O)c1=O)C(=O)N1C3CCC(CC3)[C@@H]1C2. The fourth-order valence-electron chi connectivity index (χ4n) is 5.53. The largest absolute Gasteiger partial charge is 0.503 e. The minimum absolute atomic E-state index is 0.0658. The van der Waals surface area contributed by atoms with E-state index < -0.39 is 58.2 Å². The average Bonchev–Trinajstić information content (AvgIpc) is 2.80. The summed E-state index contributed by atoms with van der Waals surface area (Å²) in [6.07, 6.45) is 0.0148. The molecule has 2 amide bonds. The van der Waals surface area contributed by atoms with Crippen LogP contribution in [0, 0.1) is 11.7 Å². The van der Waals surface area contributed by atoms with E-state index in [1.54, 1.807) is 4.90 Å². The summed E-state index contributed by atoms with van der Waals surface area (Å²) in [6, 6.07) is 2.67. The smallest absolute Gasteiger partial charge is 0.419 e. The topological polar surface area (TPSA) is 91.6 Å². The Bertz CT molecular complexity index is 1250. The summed E-state index contributed by atoms with van der Waals surface area (Å²) in [7, 11) is 0. The summed E-state index contributed by atoms with van der Waals surface area (Å²) in [4.78, 5) is 40.3. The maximum Gasteiger partial charge on any atom is 0.419 e. The number of rotatable bonds is 3. The lowest BCUT2D eigenvalue weighted by atomic mass is 9.73. The number of nitrogens with one attached hydrogen (secondary N) is 1. The summed E-state index contributed by atoms with van der Waals surface area (Å²) < 4.78 is 54.4. The lowest BCUT2D eigenvalue weighted by molar-refractivity contribution is -0.140. The predicted octanol–water partition coefficient (Wildman–Crippen LogP) is 3.04. The van der Waals surface area contributed by atoms with Crippen LogP contribution < -0.4 is 10.7 Å². The third-order valence-corrected chi connectivity index (χ3v) is 7.18. The number of hydrogen-bond donors (Lipinski definition) is 2. The van der Waals surface area contributed by atoms with Crippen molar-refractivity contribution in [3.63, 3.8) is 0 Å². The van der Waals surface area contributed by atoms with Gasteiger partial charge in [-0.05, 0) is 37.7 Å². The number of hydrogen-bond acceptors (Lipinski definition) is 4. The van der Waals surface area contributed by atoms with Gasteiger partial charge in [-0.1, -0.05) is 12.1 Å². The van der Waals surface area contributed by atoms with Gasteiger partial charge in [-0.2, -0.15) is 13.2 Å². The number of amides is 2. The summed E-state index contributed by atoms with van der Waals surface area (Å²) >= 11 is 0. The van der Waals surface area contributed by atoms with Crippen molar-refractivity contribution < 1.29 is 32.3 Å². The molecule has 0 radical (unpaired) electrons. The second kappa shape index (κ2) is 7.85. The highest BCUT2D eigenvalue weighted by Gasteiger charge is 2.48. The fourth-order valence-corrected chi connectivity index (χ4v) is 5.53. The van der Waals surface area contributed by atoms with Crippen molar-refractivity contribution in [1.29, 1.82) is 0 Å². The first-order valence-corrected chi connectivity index (χ1v) is 11.0. The summed E-state index contributed by atoms with van der Waals surface area (Å²) in [5.74, 6) is -3.50. The fraction of sp³-hybridized carbons (Fsp3) is 0.435. The molecule has 1 atom stereocenters. The highest BCUT2D eigenvalue weighted by molar-refractivity contribution is 5.99. The Labute approximate surface area is 191 Å². The van der Waals surface area contributed by atoms with E-state index in [0.29, 0.717) is 18.5 Å². The van der Waals surface area contributed by atoms with Crippen molar-refractivity contribution >= 4 is 11.8 Å². The van der Waals surface area contributed by atoms with Gasteiger partial charge in [0, 0.05) is 30.9 Å². The van der Waals surface area contributed by atoms with Gasteiger partial charge in [0.25, 0.3) is 11.8 Å². The molecular formula is C23H21F4N3O4. The van der Waals surface area contributed by atoms with Gasteiger partial charge in [0.15, 0.2) is 11.4 Å². The van der Waals surface area contributed by atoms with Gasteiger partial charge >= 0.3 is 6.18 Å². The van der Waals surface area contributed by atoms with Crippen LogP contribution in [0.3, 0.4) is 0 Å². The number of halogens is 4. The van der Waals surface area contributed by atoms with Gasteiger partial charge in [0.2, 0.25) is 5.43 Å². The number of carbonyl (C=O) groups excluding carboxylic acids is 2. The van der Waals surface area contributed by atoms with E-state index in [-0.39, 0.29) is 17.8 Å². The molecule has 2 bridgehead atoms. The monoisotopic (exact) mass is 479 g/mol. The zero-order valence-corrected chi connectivity index (χ0v) is 17.9. The summed E-state index contributed by atoms with van der Waals surface area (Å²) in [5, 5.41) is 12.8. The number of pyridine rings is 1. The molecule has 2 aromatic rings. The molecule has 11 heteroatoms. The Morgan fingerprint density at radius 1 is 1.15 bits per heavy atom. The average molecular weight is 479 g/mol.